The predicted octanol–water partition coefficient (Wildman–Crippen LogP) is 4.76. The lowest BCUT2D eigenvalue weighted by Gasteiger charge is -2.28. The van der Waals surface area contributed by atoms with Gasteiger partial charge in [0.25, 0.3) is 0 Å². The highest BCUT2D eigenvalue weighted by Crippen LogP contribution is 2.37. The van der Waals surface area contributed by atoms with E-state index in [1.54, 1.807) is 10.4 Å². The number of anilines is 1. The molecule has 4 rings (SSSR count). The van der Waals surface area contributed by atoms with E-state index in [0.29, 0.717) is 25.0 Å². The molecule has 8 heteroatoms. The molecule has 0 radical (unpaired) electrons. The number of hydrogen-bond donors (Lipinski definition) is 0. The fraction of sp³-hybridized carbons (Fsp3) is 0.586. The molecule has 2 heterocycles. The molecule has 2 aromatic carbocycles. The molecule has 37 heavy (non-hydrogen) atoms. The van der Waals surface area contributed by atoms with E-state index < -0.39 is 16.1 Å². The van der Waals surface area contributed by atoms with Crippen LogP contribution in [-0.2, 0) is 21.4 Å². The summed E-state index contributed by atoms with van der Waals surface area (Å²) < 4.78 is 41.9. The van der Waals surface area contributed by atoms with Crippen LogP contribution in [0.15, 0.2) is 53.4 Å². The summed E-state index contributed by atoms with van der Waals surface area (Å²) in [6.07, 6.45) is 4.74. The molecule has 1 fully saturated rings. The molecule has 0 bridgehead atoms. The number of hydrogen-bond acceptors (Lipinski definition) is 6. The van der Waals surface area contributed by atoms with Crippen LogP contribution in [-0.4, -0.2) is 76.1 Å². The van der Waals surface area contributed by atoms with Crippen molar-refractivity contribution >= 4 is 15.7 Å². The van der Waals surface area contributed by atoms with Crippen molar-refractivity contribution < 1.29 is 17.9 Å². The molecule has 204 valence electrons. The van der Waals surface area contributed by atoms with Crippen LogP contribution in [0.1, 0.15) is 51.5 Å². The highest BCUT2D eigenvalue weighted by molar-refractivity contribution is 7.89. The topological polar surface area (TPSA) is 62.3 Å². The standard InChI is InChI=1S/C29H43N3O4S/c1-5-6-8-11-23(2)32-20-27(22-35-21-24-12-9-7-10-13-24)36-28-18-25(14-15-29(28)37(32,33)34)31-17-16-26(19-31)30(3)4/h7,9-10,12-15,18,23,26-27H,5-6,8,11,16-17,19-22H2,1-4H3/t23-,26-,27-/m1/s1. The van der Waals surface area contributed by atoms with E-state index in [4.69, 9.17) is 9.47 Å². The highest BCUT2D eigenvalue weighted by atomic mass is 32.2. The lowest BCUT2D eigenvalue weighted by atomic mass is 10.1. The summed E-state index contributed by atoms with van der Waals surface area (Å²) in [6.45, 7) is 7.10. The van der Waals surface area contributed by atoms with Gasteiger partial charge in [0.15, 0.2) is 0 Å². The van der Waals surface area contributed by atoms with Gasteiger partial charge in [-0.1, -0.05) is 56.5 Å². The molecule has 7 nitrogen and oxygen atoms in total. The van der Waals surface area contributed by atoms with Crippen molar-refractivity contribution in [1.29, 1.82) is 0 Å². The molecule has 2 aromatic rings. The zero-order chi connectivity index (χ0) is 26.4. The van der Waals surface area contributed by atoms with Gasteiger partial charge in [-0.15, -0.1) is 0 Å². The van der Waals surface area contributed by atoms with Crippen LogP contribution < -0.4 is 9.64 Å². The molecule has 0 saturated carbocycles. The third-order valence-corrected chi connectivity index (χ3v) is 9.60. The van der Waals surface area contributed by atoms with Gasteiger partial charge in [0.1, 0.15) is 16.7 Å². The van der Waals surface area contributed by atoms with Crippen molar-refractivity contribution in [2.75, 3.05) is 45.2 Å². The van der Waals surface area contributed by atoms with Gasteiger partial charge in [-0.25, -0.2) is 8.42 Å². The molecule has 3 atom stereocenters. The van der Waals surface area contributed by atoms with Gasteiger partial charge in [-0.3, -0.25) is 0 Å². The Bertz CT molecular complexity index is 1110. The van der Waals surface area contributed by atoms with E-state index in [9.17, 15) is 8.42 Å². The van der Waals surface area contributed by atoms with Crippen LogP contribution in [0.4, 0.5) is 5.69 Å². The van der Waals surface area contributed by atoms with Gasteiger partial charge < -0.3 is 19.3 Å². The number of likely N-dealkylation sites (N-methyl/N-ethyl adjacent to an activating group) is 1. The van der Waals surface area contributed by atoms with Gasteiger partial charge in [0, 0.05) is 36.9 Å². The third-order valence-electron chi connectivity index (χ3n) is 7.58. The van der Waals surface area contributed by atoms with E-state index in [1.807, 2.05) is 49.4 Å². The van der Waals surface area contributed by atoms with Crippen molar-refractivity contribution in [1.82, 2.24) is 9.21 Å². The van der Waals surface area contributed by atoms with Gasteiger partial charge in [0.05, 0.1) is 19.8 Å². The molecule has 0 amide bonds. The molecule has 2 aliphatic rings. The maximum absolute atomic E-state index is 13.9. The number of fused-ring (bicyclic) bond motifs is 1. The van der Waals surface area contributed by atoms with E-state index in [0.717, 1.165) is 56.4 Å². The minimum Gasteiger partial charge on any atom is -0.485 e. The number of unbranched alkanes of at least 4 members (excludes halogenated alkanes) is 2. The van der Waals surface area contributed by atoms with Gasteiger partial charge in [-0.05, 0) is 51.6 Å². The largest absolute Gasteiger partial charge is 0.485 e. The summed E-state index contributed by atoms with van der Waals surface area (Å²) >= 11 is 0. The van der Waals surface area contributed by atoms with Crippen molar-refractivity contribution in [3.63, 3.8) is 0 Å². The molecule has 2 aliphatic heterocycles. The molecular weight excluding hydrogens is 486 g/mol. The zero-order valence-electron chi connectivity index (χ0n) is 22.8. The van der Waals surface area contributed by atoms with Crippen LogP contribution in [0.25, 0.3) is 0 Å². The molecule has 0 spiro atoms. The second-order valence-electron chi connectivity index (χ2n) is 10.6. The Balaban J connectivity index is 1.58. The van der Waals surface area contributed by atoms with Gasteiger partial charge in [0.2, 0.25) is 10.0 Å². The average Bonchev–Trinajstić information content (AvgIpc) is 3.35. The number of ether oxygens (including phenoxy) is 2. The first kappa shape index (κ1) is 27.9. The van der Waals surface area contributed by atoms with Crippen LogP contribution in [0, 0.1) is 0 Å². The molecule has 0 aromatic heterocycles. The summed E-state index contributed by atoms with van der Waals surface area (Å²) in [4.78, 5) is 4.83. The molecule has 0 unspecified atom stereocenters. The summed E-state index contributed by atoms with van der Waals surface area (Å²) in [5.74, 6) is 0.433. The lowest BCUT2D eigenvalue weighted by Crippen LogP contribution is -2.44. The smallest absolute Gasteiger partial charge is 0.247 e. The zero-order valence-corrected chi connectivity index (χ0v) is 23.6. The summed E-state index contributed by atoms with van der Waals surface area (Å²) in [5, 5.41) is 0. The Morgan fingerprint density at radius 2 is 1.89 bits per heavy atom. The second kappa shape index (κ2) is 12.6. The Kier molecular flexibility index (Phi) is 9.51. The average molecular weight is 530 g/mol. The SMILES string of the molecule is CCCCC[C@@H](C)N1C[C@H](COCc2ccccc2)Oc2cc(N3CC[C@@H](N(C)C)C3)ccc2S1(=O)=O. The van der Waals surface area contributed by atoms with Gasteiger partial charge >= 0.3 is 0 Å². The molecular formula is C29H43N3O4S. The van der Waals surface area contributed by atoms with Crippen molar-refractivity contribution in [2.24, 2.45) is 0 Å². The van der Waals surface area contributed by atoms with Crippen LogP contribution in [0.3, 0.4) is 0 Å². The monoisotopic (exact) mass is 529 g/mol. The van der Waals surface area contributed by atoms with E-state index in [-0.39, 0.29) is 17.5 Å². The highest BCUT2D eigenvalue weighted by Gasteiger charge is 2.38. The normalized spacial score (nSPS) is 22.5. The first-order valence-electron chi connectivity index (χ1n) is 13.6. The maximum atomic E-state index is 13.9. The number of benzene rings is 2. The Labute approximate surface area is 223 Å². The maximum Gasteiger partial charge on any atom is 0.247 e. The molecule has 0 N–H and O–H groups in total. The number of nitrogens with zero attached hydrogens (tertiary/aromatic N) is 3. The minimum absolute atomic E-state index is 0.109. The Hall–Kier alpha value is -2.13. The Morgan fingerprint density at radius 3 is 2.59 bits per heavy atom. The molecule has 1 saturated heterocycles. The fourth-order valence-electron chi connectivity index (χ4n) is 5.26. The Morgan fingerprint density at radius 1 is 1.11 bits per heavy atom. The molecule has 0 aliphatic carbocycles. The second-order valence-corrected chi connectivity index (χ2v) is 12.5. The van der Waals surface area contributed by atoms with Crippen LogP contribution in [0.5, 0.6) is 5.75 Å². The lowest BCUT2D eigenvalue weighted by molar-refractivity contribution is 0.0310. The van der Waals surface area contributed by atoms with Crippen molar-refractivity contribution in [2.45, 2.75) is 75.6 Å². The quantitative estimate of drug-likeness (QED) is 0.391. The summed E-state index contributed by atoms with van der Waals surface area (Å²) in [7, 11) is 0.512. The van der Waals surface area contributed by atoms with Gasteiger partial charge in [-0.2, -0.15) is 4.31 Å². The number of rotatable bonds is 11. The minimum atomic E-state index is -3.70. The van der Waals surface area contributed by atoms with Crippen molar-refractivity contribution in [3.8, 4) is 5.75 Å². The summed E-state index contributed by atoms with van der Waals surface area (Å²) in [5.41, 5.74) is 2.09. The van der Waals surface area contributed by atoms with E-state index in [2.05, 4.69) is 30.8 Å². The first-order valence-corrected chi connectivity index (χ1v) is 15.1. The van der Waals surface area contributed by atoms with Crippen LogP contribution in [0.2, 0.25) is 0 Å². The van der Waals surface area contributed by atoms with Crippen LogP contribution >= 0.6 is 0 Å². The first-order chi connectivity index (χ1) is 17.8. The van der Waals surface area contributed by atoms with Crippen molar-refractivity contribution in [3.05, 3.63) is 54.1 Å². The third kappa shape index (κ3) is 6.85. The van der Waals surface area contributed by atoms with E-state index in [1.165, 1.54) is 0 Å². The fourth-order valence-corrected chi connectivity index (χ4v) is 7.05. The van der Waals surface area contributed by atoms with E-state index >= 15 is 0 Å². The number of sulfonamides is 1. The summed E-state index contributed by atoms with van der Waals surface area (Å²) in [6, 6.07) is 16.0. The predicted molar refractivity (Wildman–Crippen MR) is 149 cm³/mol.